The minimum absolute atomic E-state index is 0.0463. The lowest BCUT2D eigenvalue weighted by molar-refractivity contribution is -0.116. The van der Waals surface area contributed by atoms with Gasteiger partial charge in [-0.1, -0.05) is 30.3 Å². The third-order valence-electron chi connectivity index (χ3n) is 4.67. The monoisotopic (exact) mass is 371 g/mol. The Bertz CT molecular complexity index is 1270. The Balaban J connectivity index is 2.12. The van der Waals surface area contributed by atoms with E-state index in [1.807, 2.05) is 12.1 Å². The summed E-state index contributed by atoms with van der Waals surface area (Å²) in [6.07, 6.45) is 0.295. The third-order valence-corrected chi connectivity index (χ3v) is 4.67. The fraction of sp³-hybridized carbons (Fsp3) is 0.0870. The molecule has 0 spiro atoms. The van der Waals surface area contributed by atoms with Crippen LogP contribution >= 0.6 is 0 Å². The van der Waals surface area contributed by atoms with Crippen molar-refractivity contribution in [2.45, 2.75) is 13.3 Å². The summed E-state index contributed by atoms with van der Waals surface area (Å²) in [6, 6.07) is 17.4. The molecule has 1 aliphatic carbocycles. The number of carboxylic acids is 1. The first-order valence-corrected chi connectivity index (χ1v) is 8.80. The van der Waals surface area contributed by atoms with Crippen LogP contribution in [0.3, 0.4) is 0 Å². The van der Waals surface area contributed by atoms with Gasteiger partial charge in [0.2, 0.25) is 0 Å². The van der Waals surface area contributed by atoms with Gasteiger partial charge in [0, 0.05) is 29.0 Å². The minimum Gasteiger partial charge on any atom is -0.478 e. The molecule has 0 radical (unpaired) electrons. The standard InChI is InChI=1S/C23H17NO4/c1-13(25)10-14-6-8-18-20(11-14)28-21-12-15(24)7-9-19(21)22(18)16-4-2-3-5-17(16)23(26)27/h2-9,11-12,24H,10H2,1H3,(H,26,27). The quantitative estimate of drug-likeness (QED) is 0.516. The van der Waals surface area contributed by atoms with E-state index in [0.717, 1.165) is 22.1 Å². The summed E-state index contributed by atoms with van der Waals surface area (Å²) >= 11 is 0. The molecule has 0 saturated heterocycles. The molecule has 1 heterocycles. The summed E-state index contributed by atoms with van der Waals surface area (Å²) in [5.74, 6) is -0.469. The molecule has 2 aliphatic rings. The number of fused-ring (bicyclic) bond motifs is 2. The lowest BCUT2D eigenvalue weighted by atomic mass is 9.90. The molecule has 0 unspecified atom stereocenters. The van der Waals surface area contributed by atoms with E-state index in [1.165, 1.54) is 6.92 Å². The molecular formula is C23H17NO4. The van der Waals surface area contributed by atoms with Crippen LogP contribution in [0.15, 0.2) is 65.1 Å². The topological polar surface area (TPSA) is 91.4 Å². The third kappa shape index (κ3) is 3.07. The van der Waals surface area contributed by atoms with Crippen LogP contribution in [-0.2, 0) is 11.2 Å². The Labute approximate surface area is 160 Å². The van der Waals surface area contributed by atoms with Gasteiger partial charge in [-0.25, -0.2) is 4.79 Å². The molecule has 0 saturated carbocycles. The van der Waals surface area contributed by atoms with Crippen molar-refractivity contribution in [3.8, 4) is 22.5 Å². The summed E-state index contributed by atoms with van der Waals surface area (Å²) in [7, 11) is 0. The van der Waals surface area contributed by atoms with Crippen molar-refractivity contribution in [1.29, 1.82) is 5.41 Å². The lowest BCUT2D eigenvalue weighted by Crippen LogP contribution is -2.04. The summed E-state index contributed by atoms with van der Waals surface area (Å²) in [5.41, 5.74) is 3.62. The minimum atomic E-state index is -1.01. The van der Waals surface area contributed by atoms with Crippen molar-refractivity contribution in [3.05, 3.63) is 77.1 Å². The Morgan fingerprint density at radius 1 is 1.00 bits per heavy atom. The SMILES string of the molecule is CC(=O)Cc1ccc2c(-c3ccccc3C(=O)O)c3ccc(=N)cc-3oc2c1. The number of hydrogen-bond acceptors (Lipinski definition) is 4. The number of carboxylic acid groups (broad SMARTS) is 1. The van der Waals surface area contributed by atoms with Gasteiger partial charge < -0.3 is 14.9 Å². The van der Waals surface area contributed by atoms with Gasteiger partial charge in [0.1, 0.15) is 17.1 Å². The predicted octanol–water partition coefficient (Wildman–Crippen LogP) is 4.51. The highest BCUT2D eigenvalue weighted by atomic mass is 16.4. The largest absolute Gasteiger partial charge is 0.478 e. The van der Waals surface area contributed by atoms with E-state index in [2.05, 4.69) is 0 Å². The lowest BCUT2D eigenvalue weighted by Gasteiger charge is -2.17. The first kappa shape index (κ1) is 17.7. The molecule has 0 atom stereocenters. The summed E-state index contributed by atoms with van der Waals surface area (Å²) < 4.78 is 6.03. The van der Waals surface area contributed by atoms with Gasteiger partial charge in [0.25, 0.3) is 0 Å². The fourth-order valence-electron chi connectivity index (χ4n) is 3.51. The molecule has 5 heteroatoms. The molecule has 0 amide bonds. The van der Waals surface area contributed by atoms with Gasteiger partial charge in [0.05, 0.1) is 10.9 Å². The summed E-state index contributed by atoms with van der Waals surface area (Å²) in [4.78, 5) is 23.3. The van der Waals surface area contributed by atoms with Crippen molar-refractivity contribution in [1.82, 2.24) is 0 Å². The molecule has 2 N–H and O–H groups in total. The van der Waals surface area contributed by atoms with Gasteiger partial charge in [-0.15, -0.1) is 0 Å². The average Bonchev–Trinajstić information content (AvgIpc) is 2.65. The normalized spacial score (nSPS) is 11.0. The van der Waals surface area contributed by atoms with Crippen molar-refractivity contribution in [2.24, 2.45) is 0 Å². The van der Waals surface area contributed by atoms with E-state index in [-0.39, 0.29) is 11.3 Å². The number of carbonyl (C=O) groups excluding carboxylic acids is 1. The van der Waals surface area contributed by atoms with Crippen LogP contribution in [0, 0.1) is 5.41 Å². The maximum absolute atomic E-state index is 11.8. The highest BCUT2D eigenvalue weighted by Gasteiger charge is 2.21. The number of ketones is 1. The summed E-state index contributed by atoms with van der Waals surface area (Å²) in [5, 5.41) is 18.6. The van der Waals surface area contributed by atoms with Crippen molar-refractivity contribution in [2.75, 3.05) is 0 Å². The van der Waals surface area contributed by atoms with Crippen molar-refractivity contribution < 1.29 is 19.1 Å². The van der Waals surface area contributed by atoms with Gasteiger partial charge >= 0.3 is 5.97 Å². The van der Waals surface area contributed by atoms with E-state index < -0.39 is 5.97 Å². The van der Waals surface area contributed by atoms with E-state index in [0.29, 0.717) is 28.7 Å². The van der Waals surface area contributed by atoms with E-state index in [4.69, 9.17) is 9.83 Å². The number of carbonyl (C=O) groups is 2. The number of aromatic carboxylic acids is 1. The highest BCUT2D eigenvalue weighted by molar-refractivity contribution is 6.07. The van der Waals surface area contributed by atoms with Crippen LogP contribution in [0.25, 0.3) is 33.4 Å². The van der Waals surface area contributed by atoms with Crippen molar-refractivity contribution in [3.63, 3.8) is 0 Å². The van der Waals surface area contributed by atoms with Gasteiger partial charge in [-0.2, -0.15) is 0 Å². The zero-order chi connectivity index (χ0) is 19.8. The van der Waals surface area contributed by atoms with Crippen molar-refractivity contribution >= 4 is 22.7 Å². The molecule has 2 aromatic carbocycles. The van der Waals surface area contributed by atoms with Gasteiger partial charge in [0.15, 0.2) is 0 Å². The molecule has 0 bridgehead atoms. The smallest absolute Gasteiger partial charge is 0.336 e. The number of nitrogens with one attached hydrogen (secondary N) is 1. The molecule has 138 valence electrons. The molecule has 4 rings (SSSR count). The Morgan fingerprint density at radius 3 is 2.54 bits per heavy atom. The van der Waals surface area contributed by atoms with Crippen LogP contribution in [0.5, 0.6) is 0 Å². The average molecular weight is 371 g/mol. The zero-order valence-electron chi connectivity index (χ0n) is 15.2. The molecule has 0 aromatic heterocycles. The Kier molecular flexibility index (Phi) is 4.28. The molecule has 2 aromatic rings. The number of benzene rings is 3. The van der Waals surface area contributed by atoms with E-state index >= 15 is 0 Å². The first-order chi connectivity index (χ1) is 13.4. The summed E-state index contributed by atoms with van der Waals surface area (Å²) in [6.45, 7) is 1.53. The fourth-order valence-corrected chi connectivity index (χ4v) is 3.51. The first-order valence-electron chi connectivity index (χ1n) is 8.80. The number of Topliss-reactive ketones (excluding diaryl/α,β-unsaturated/α-hetero) is 1. The second kappa shape index (κ2) is 6.78. The van der Waals surface area contributed by atoms with Crippen LogP contribution in [0.4, 0.5) is 0 Å². The molecule has 1 aliphatic heterocycles. The molecule has 5 nitrogen and oxygen atoms in total. The van der Waals surface area contributed by atoms with Gasteiger partial charge in [-0.05, 0) is 42.3 Å². The maximum atomic E-state index is 11.8. The second-order valence-electron chi connectivity index (χ2n) is 6.75. The second-order valence-corrected chi connectivity index (χ2v) is 6.75. The van der Waals surface area contributed by atoms with Crippen LogP contribution in [0.1, 0.15) is 22.8 Å². The number of hydrogen-bond donors (Lipinski definition) is 2. The highest BCUT2D eigenvalue weighted by Crippen LogP contribution is 2.41. The molecule has 0 fully saturated rings. The maximum Gasteiger partial charge on any atom is 0.336 e. The number of rotatable bonds is 4. The van der Waals surface area contributed by atoms with Crippen LogP contribution in [-0.4, -0.2) is 16.9 Å². The zero-order valence-corrected chi connectivity index (χ0v) is 15.2. The van der Waals surface area contributed by atoms with Gasteiger partial charge in [-0.3, -0.25) is 4.79 Å². The van der Waals surface area contributed by atoms with Crippen LogP contribution in [0.2, 0.25) is 0 Å². The van der Waals surface area contributed by atoms with E-state index in [1.54, 1.807) is 48.5 Å². The molecular weight excluding hydrogens is 354 g/mol. The Morgan fingerprint density at radius 2 is 1.79 bits per heavy atom. The molecule has 28 heavy (non-hydrogen) atoms. The van der Waals surface area contributed by atoms with E-state index in [9.17, 15) is 14.7 Å². The van der Waals surface area contributed by atoms with Crippen LogP contribution < -0.4 is 5.36 Å². The Hall–Kier alpha value is -3.73. The predicted molar refractivity (Wildman–Crippen MR) is 105 cm³/mol.